The molecule has 0 radical (unpaired) electrons. The summed E-state index contributed by atoms with van der Waals surface area (Å²) in [5.74, 6) is 1.44. The van der Waals surface area contributed by atoms with Crippen LogP contribution in [0.5, 0.6) is 0 Å². The summed E-state index contributed by atoms with van der Waals surface area (Å²) in [6, 6.07) is 4.95. The lowest BCUT2D eigenvalue weighted by atomic mass is 9.85. The summed E-state index contributed by atoms with van der Waals surface area (Å²) < 4.78 is 0. The second-order valence-corrected chi connectivity index (χ2v) is 6.01. The highest BCUT2D eigenvalue weighted by molar-refractivity contribution is 6.33. The van der Waals surface area contributed by atoms with Gasteiger partial charge in [0.15, 0.2) is 0 Å². The molecule has 0 spiro atoms. The van der Waals surface area contributed by atoms with E-state index in [1.807, 2.05) is 0 Å². The Morgan fingerprint density at radius 2 is 1.84 bits per heavy atom. The van der Waals surface area contributed by atoms with Gasteiger partial charge in [-0.25, -0.2) is 0 Å². The summed E-state index contributed by atoms with van der Waals surface area (Å²) in [5.41, 5.74) is 6.66. The molecule has 1 amide bonds. The monoisotopic (exact) mass is 282 g/mol. The van der Waals surface area contributed by atoms with Crippen molar-refractivity contribution in [2.75, 3.05) is 12.3 Å². The van der Waals surface area contributed by atoms with E-state index in [0.29, 0.717) is 40.6 Å². The number of amides is 1. The van der Waals surface area contributed by atoms with Gasteiger partial charge in [0.1, 0.15) is 0 Å². The summed E-state index contributed by atoms with van der Waals surface area (Å²) in [6.45, 7) is 9.39. The van der Waals surface area contributed by atoms with Gasteiger partial charge in [-0.05, 0) is 36.0 Å². The molecule has 3 nitrogen and oxygen atoms in total. The fourth-order valence-corrected chi connectivity index (χ4v) is 2.40. The highest BCUT2D eigenvalue weighted by Gasteiger charge is 2.18. The van der Waals surface area contributed by atoms with Crippen LogP contribution < -0.4 is 11.1 Å². The largest absolute Gasteiger partial charge is 0.398 e. The van der Waals surface area contributed by atoms with Gasteiger partial charge in [0.2, 0.25) is 0 Å². The molecule has 0 bridgehead atoms. The van der Waals surface area contributed by atoms with Crippen LogP contribution in [0.1, 0.15) is 38.1 Å². The smallest absolute Gasteiger partial charge is 0.251 e. The third-order valence-corrected chi connectivity index (χ3v) is 3.80. The molecule has 0 aliphatic carbocycles. The maximum absolute atomic E-state index is 12.0. The zero-order valence-electron chi connectivity index (χ0n) is 12.0. The average molecular weight is 283 g/mol. The van der Waals surface area contributed by atoms with E-state index in [4.69, 9.17) is 17.3 Å². The van der Waals surface area contributed by atoms with Crippen molar-refractivity contribution < 1.29 is 4.79 Å². The van der Waals surface area contributed by atoms with Crippen LogP contribution in [0.2, 0.25) is 5.02 Å². The lowest BCUT2D eigenvalue weighted by Gasteiger charge is -2.25. The summed E-state index contributed by atoms with van der Waals surface area (Å²) in [7, 11) is 0. The van der Waals surface area contributed by atoms with Gasteiger partial charge in [-0.15, -0.1) is 0 Å². The zero-order chi connectivity index (χ0) is 14.6. The van der Waals surface area contributed by atoms with E-state index in [1.165, 1.54) is 0 Å². The molecule has 1 rings (SSSR count). The number of nitrogen functional groups attached to an aromatic ring is 1. The molecule has 19 heavy (non-hydrogen) atoms. The fourth-order valence-electron chi connectivity index (χ4n) is 2.22. The van der Waals surface area contributed by atoms with Crippen LogP contribution in [-0.4, -0.2) is 12.5 Å². The number of hydrogen-bond donors (Lipinski definition) is 2. The number of anilines is 1. The first-order chi connectivity index (χ1) is 8.82. The van der Waals surface area contributed by atoms with Crippen LogP contribution in [0.4, 0.5) is 5.69 Å². The maximum atomic E-state index is 12.0. The minimum absolute atomic E-state index is 0.104. The summed E-state index contributed by atoms with van der Waals surface area (Å²) >= 11 is 5.92. The molecule has 1 aromatic rings. The molecule has 0 aliphatic rings. The van der Waals surface area contributed by atoms with E-state index in [2.05, 4.69) is 33.0 Å². The van der Waals surface area contributed by atoms with Gasteiger partial charge in [0.25, 0.3) is 5.91 Å². The standard InChI is InChI=1S/C15H23ClN2O/c1-9(2)12(10(3)4)8-18-15(19)11-5-6-14(17)13(16)7-11/h5-7,9-10,12H,8,17H2,1-4H3,(H,18,19). The number of carbonyl (C=O) groups is 1. The van der Waals surface area contributed by atoms with Crippen LogP contribution in [0, 0.1) is 17.8 Å². The minimum Gasteiger partial charge on any atom is -0.398 e. The van der Waals surface area contributed by atoms with Gasteiger partial charge < -0.3 is 11.1 Å². The number of nitrogens with one attached hydrogen (secondary N) is 1. The van der Waals surface area contributed by atoms with E-state index in [-0.39, 0.29) is 5.91 Å². The highest BCUT2D eigenvalue weighted by atomic mass is 35.5. The van der Waals surface area contributed by atoms with Crippen molar-refractivity contribution >= 4 is 23.2 Å². The Labute approximate surface area is 120 Å². The lowest BCUT2D eigenvalue weighted by Crippen LogP contribution is -2.33. The first-order valence-corrected chi connectivity index (χ1v) is 7.04. The molecular formula is C15H23ClN2O. The molecule has 0 saturated carbocycles. The quantitative estimate of drug-likeness (QED) is 0.811. The Kier molecular flexibility index (Phi) is 5.67. The van der Waals surface area contributed by atoms with Crippen LogP contribution in [0.25, 0.3) is 0 Å². The molecule has 106 valence electrons. The van der Waals surface area contributed by atoms with E-state index < -0.39 is 0 Å². The Bertz CT molecular complexity index is 436. The van der Waals surface area contributed by atoms with Gasteiger partial charge in [0.05, 0.1) is 10.7 Å². The molecule has 0 atom stereocenters. The molecule has 0 fully saturated rings. The zero-order valence-corrected chi connectivity index (χ0v) is 12.8. The van der Waals surface area contributed by atoms with Gasteiger partial charge in [0, 0.05) is 12.1 Å². The third-order valence-electron chi connectivity index (χ3n) is 3.47. The second-order valence-electron chi connectivity index (χ2n) is 5.60. The number of nitrogens with two attached hydrogens (primary N) is 1. The van der Waals surface area contributed by atoms with Crippen LogP contribution >= 0.6 is 11.6 Å². The molecule has 3 N–H and O–H groups in total. The topological polar surface area (TPSA) is 55.1 Å². The molecule has 0 heterocycles. The van der Waals surface area contributed by atoms with Crippen molar-refractivity contribution in [3.63, 3.8) is 0 Å². The van der Waals surface area contributed by atoms with Crippen molar-refractivity contribution in [1.29, 1.82) is 0 Å². The summed E-state index contributed by atoms with van der Waals surface area (Å²) in [4.78, 5) is 12.0. The van der Waals surface area contributed by atoms with Crippen molar-refractivity contribution in [2.45, 2.75) is 27.7 Å². The van der Waals surface area contributed by atoms with Crippen LogP contribution in [-0.2, 0) is 0 Å². The van der Waals surface area contributed by atoms with Gasteiger partial charge in [-0.2, -0.15) is 0 Å². The first-order valence-electron chi connectivity index (χ1n) is 6.66. The number of benzene rings is 1. The van der Waals surface area contributed by atoms with Crippen molar-refractivity contribution in [1.82, 2.24) is 5.32 Å². The first kappa shape index (κ1) is 15.8. The molecule has 0 aliphatic heterocycles. The van der Waals surface area contributed by atoms with Crippen LogP contribution in [0.3, 0.4) is 0 Å². The van der Waals surface area contributed by atoms with Crippen molar-refractivity contribution in [3.8, 4) is 0 Å². The number of rotatable bonds is 5. The third kappa shape index (κ3) is 4.43. The Morgan fingerprint density at radius 3 is 2.32 bits per heavy atom. The Morgan fingerprint density at radius 1 is 1.26 bits per heavy atom. The minimum atomic E-state index is -0.104. The fraction of sp³-hybridized carbons (Fsp3) is 0.533. The van der Waals surface area contributed by atoms with Gasteiger partial charge in [-0.3, -0.25) is 4.79 Å². The Balaban J connectivity index is 2.66. The van der Waals surface area contributed by atoms with E-state index in [9.17, 15) is 4.79 Å². The number of hydrogen-bond acceptors (Lipinski definition) is 2. The van der Waals surface area contributed by atoms with E-state index >= 15 is 0 Å². The van der Waals surface area contributed by atoms with Crippen LogP contribution in [0.15, 0.2) is 18.2 Å². The summed E-state index contributed by atoms with van der Waals surface area (Å²) in [6.07, 6.45) is 0. The predicted octanol–water partition coefficient (Wildman–Crippen LogP) is 3.58. The molecule has 0 aromatic heterocycles. The number of halogens is 1. The normalized spacial score (nSPS) is 11.4. The molecule has 0 saturated heterocycles. The molecular weight excluding hydrogens is 260 g/mol. The highest BCUT2D eigenvalue weighted by Crippen LogP contribution is 2.21. The SMILES string of the molecule is CC(C)C(CNC(=O)c1ccc(N)c(Cl)c1)C(C)C. The van der Waals surface area contributed by atoms with E-state index in [1.54, 1.807) is 18.2 Å². The second kappa shape index (κ2) is 6.80. The molecule has 4 heteroatoms. The van der Waals surface area contributed by atoms with Gasteiger partial charge in [-0.1, -0.05) is 39.3 Å². The van der Waals surface area contributed by atoms with Gasteiger partial charge >= 0.3 is 0 Å². The average Bonchev–Trinajstić information content (AvgIpc) is 2.31. The van der Waals surface area contributed by atoms with E-state index in [0.717, 1.165) is 0 Å². The van der Waals surface area contributed by atoms with Crippen molar-refractivity contribution in [2.24, 2.45) is 17.8 Å². The molecule has 0 unspecified atom stereocenters. The van der Waals surface area contributed by atoms with Crippen molar-refractivity contribution in [3.05, 3.63) is 28.8 Å². The molecule has 1 aromatic carbocycles. The number of carbonyl (C=O) groups excluding carboxylic acids is 1. The summed E-state index contributed by atoms with van der Waals surface area (Å²) in [5, 5.41) is 3.38. The predicted molar refractivity (Wildman–Crippen MR) is 81.4 cm³/mol. The lowest BCUT2D eigenvalue weighted by molar-refractivity contribution is 0.0937. The Hall–Kier alpha value is -1.22. The maximum Gasteiger partial charge on any atom is 0.251 e.